The molecule has 4 rings (SSSR count). The van der Waals surface area contributed by atoms with Gasteiger partial charge in [-0.2, -0.15) is 0 Å². The second-order valence-corrected chi connectivity index (χ2v) is 9.39. The van der Waals surface area contributed by atoms with Crippen LogP contribution in [-0.2, 0) is 0 Å². The van der Waals surface area contributed by atoms with E-state index in [0.29, 0.717) is 0 Å². The van der Waals surface area contributed by atoms with Crippen molar-refractivity contribution in [3.8, 4) is 16.2 Å². The summed E-state index contributed by atoms with van der Waals surface area (Å²) in [7, 11) is 0. The summed E-state index contributed by atoms with van der Waals surface area (Å²) in [5, 5.41) is 0. The lowest BCUT2D eigenvalue weighted by atomic mass is 10.1. The zero-order valence-electron chi connectivity index (χ0n) is 17.5. The number of ether oxygens (including phenoxy) is 1. The number of hydrogen-bond donors (Lipinski definition) is 0. The van der Waals surface area contributed by atoms with Gasteiger partial charge in [-0.3, -0.25) is 9.88 Å². The molecule has 0 bridgehead atoms. The van der Waals surface area contributed by atoms with E-state index in [1.165, 1.54) is 0 Å². The Bertz CT molecular complexity index is 994. The highest BCUT2D eigenvalue weighted by Gasteiger charge is 2.28. The van der Waals surface area contributed by atoms with Gasteiger partial charge in [0.05, 0.1) is 10.4 Å². The van der Waals surface area contributed by atoms with E-state index in [1.807, 2.05) is 46.2 Å². The van der Waals surface area contributed by atoms with Crippen molar-refractivity contribution in [1.82, 2.24) is 9.88 Å². The summed E-state index contributed by atoms with van der Waals surface area (Å²) in [5.41, 5.74) is 2.06. The third-order valence-corrected chi connectivity index (χ3v) is 6.69. The van der Waals surface area contributed by atoms with Crippen LogP contribution in [0.3, 0.4) is 0 Å². The molecule has 5 nitrogen and oxygen atoms in total. The van der Waals surface area contributed by atoms with Crippen LogP contribution < -0.4 is 9.64 Å². The quantitative estimate of drug-likeness (QED) is 0.353. The number of carbonyl (C=O) groups excluding carboxylic acids is 1. The molecule has 1 saturated heterocycles. The molecule has 2 aromatic heterocycles. The highest BCUT2D eigenvalue weighted by Crippen LogP contribution is 2.32. The smallest absolute Gasteiger partial charge is 0.324 e. The lowest BCUT2D eigenvalue weighted by molar-refractivity contribution is 0.201. The highest BCUT2D eigenvalue weighted by atomic mass is 35.5. The minimum Gasteiger partial charge on any atom is -0.491 e. The van der Waals surface area contributed by atoms with Crippen LogP contribution in [0.5, 0.6) is 5.75 Å². The molecular formula is C24H26ClN3O2S. The molecule has 7 heteroatoms. The number of urea groups is 1. The largest absolute Gasteiger partial charge is 0.491 e. The molecule has 3 heterocycles. The molecule has 0 aliphatic carbocycles. The summed E-state index contributed by atoms with van der Waals surface area (Å²) in [5.74, 6) is 0.876. The molecule has 1 aliphatic heterocycles. The number of aromatic nitrogens is 1. The number of thiophene rings is 1. The van der Waals surface area contributed by atoms with Gasteiger partial charge in [0.1, 0.15) is 5.75 Å². The number of pyridine rings is 1. The molecule has 0 N–H and O–H groups in total. The first kappa shape index (κ1) is 21.7. The predicted octanol–water partition coefficient (Wildman–Crippen LogP) is 6.34. The number of halogens is 1. The van der Waals surface area contributed by atoms with Gasteiger partial charge >= 0.3 is 6.03 Å². The minimum atomic E-state index is 0.0858. The number of hydrogen-bond acceptors (Lipinski definition) is 4. The number of carbonyl (C=O) groups is 1. The van der Waals surface area contributed by atoms with E-state index in [4.69, 9.17) is 16.3 Å². The van der Waals surface area contributed by atoms with Gasteiger partial charge in [0.25, 0.3) is 0 Å². The Morgan fingerprint density at radius 1 is 1.06 bits per heavy atom. The Morgan fingerprint density at radius 2 is 1.84 bits per heavy atom. The molecule has 162 valence electrons. The van der Waals surface area contributed by atoms with Crippen LogP contribution in [0.4, 0.5) is 10.5 Å². The van der Waals surface area contributed by atoms with Gasteiger partial charge < -0.3 is 9.64 Å². The van der Waals surface area contributed by atoms with Gasteiger partial charge in [-0.1, -0.05) is 11.6 Å². The van der Waals surface area contributed by atoms with Gasteiger partial charge in [0.15, 0.2) is 0 Å². The van der Waals surface area contributed by atoms with E-state index in [-0.39, 0.29) is 12.1 Å². The first-order valence-electron chi connectivity index (χ1n) is 10.6. The van der Waals surface area contributed by atoms with Crippen molar-refractivity contribution < 1.29 is 9.53 Å². The predicted molar refractivity (Wildman–Crippen MR) is 127 cm³/mol. The molecule has 2 amide bonds. The topological polar surface area (TPSA) is 45.7 Å². The molecule has 31 heavy (non-hydrogen) atoms. The van der Waals surface area contributed by atoms with Crippen molar-refractivity contribution >= 4 is 34.7 Å². The molecule has 1 aliphatic rings. The molecule has 1 aromatic carbocycles. The average Bonchev–Trinajstić information content (AvgIpc) is 3.38. The second kappa shape index (κ2) is 10.2. The van der Waals surface area contributed by atoms with E-state index < -0.39 is 0 Å². The van der Waals surface area contributed by atoms with Gasteiger partial charge in [-0.05, 0) is 80.3 Å². The molecular weight excluding hydrogens is 430 g/mol. The van der Waals surface area contributed by atoms with Gasteiger partial charge in [-0.25, -0.2) is 4.79 Å². The number of nitrogens with zero attached hydrogens (tertiary/aromatic N) is 3. The Kier molecular flexibility index (Phi) is 7.10. The van der Waals surface area contributed by atoms with Gasteiger partial charge in [0, 0.05) is 42.6 Å². The first-order valence-corrected chi connectivity index (χ1v) is 11.8. The summed E-state index contributed by atoms with van der Waals surface area (Å²) >= 11 is 7.60. The van der Waals surface area contributed by atoms with E-state index >= 15 is 0 Å². The summed E-state index contributed by atoms with van der Waals surface area (Å²) < 4.78 is 6.86. The van der Waals surface area contributed by atoms with Crippen LogP contribution in [0.15, 0.2) is 60.9 Å². The fourth-order valence-electron chi connectivity index (χ4n) is 3.75. The zero-order chi connectivity index (χ0) is 21.6. The molecule has 1 unspecified atom stereocenters. The zero-order valence-corrected chi connectivity index (χ0v) is 19.1. The Balaban J connectivity index is 1.18. The van der Waals surface area contributed by atoms with Crippen LogP contribution >= 0.6 is 22.9 Å². The standard InChI is InChI=1S/C24H26ClN3O2S/c1-18(30-21-7-5-19(6-8-21)22-9-10-23(25)31-22)4-2-3-15-27-16-17-28(24(27)29)20-11-13-26-14-12-20/h5-14,18H,2-4,15-17H2,1H3. The number of unbranched alkanes of at least 4 members (excludes halogenated alkanes) is 1. The van der Waals surface area contributed by atoms with Crippen LogP contribution in [0, 0.1) is 0 Å². The van der Waals surface area contributed by atoms with E-state index in [9.17, 15) is 4.79 Å². The average molecular weight is 456 g/mol. The number of amides is 2. The van der Waals surface area contributed by atoms with Crippen LogP contribution in [0.1, 0.15) is 26.2 Å². The van der Waals surface area contributed by atoms with Gasteiger partial charge in [0.2, 0.25) is 0 Å². The highest BCUT2D eigenvalue weighted by molar-refractivity contribution is 7.19. The second-order valence-electron chi connectivity index (χ2n) is 7.68. The molecule has 3 aromatic rings. The van der Waals surface area contributed by atoms with E-state index in [2.05, 4.69) is 24.0 Å². The summed E-state index contributed by atoms with van der Waals surface area (Å²) in [6.45, 7) is 4.38. The fraction of sp³-hybridized carbons (Fsp3) is 0.333. The maximum Gasteiger partial charge on any atom is 0.324 e. The maximum atomic E-state index is 12.6. The summed E-state index contributed by atoms with van der Waals surface area (Å²) in [6, 6.07) is 15.9. The molecule has 0 radical (unpaired) electrons. The van der Waals surface area contributed by atoms with Crippen molar-refractivity contribution in [1.29, 1.82) is 0 Å². The Hall–Kier alpha value is -2.57. The van der Waals surface area contributed by atoms with E-state index in [1.54, 1.807) is 23.7 Å². The molecule has 1 fully saturated rings. The van der Waals surface area contributed by atoms with Crippen molar-refractivity contribution in [2.24, 2.45) is 0 Å². The normalized spacial score (nSPS) is 14.8. The maximum absolute atomic E-state index is 12.6. The van der Waals surface area contributed by atoms with E-state index in [0.717, 1.165) is 65.1 Å². The summed E-state index contributed by atoms with van der Waals surface area (Å²) in [6.07, 6.45) is 6.52. The van der Waals surface area contributed by atoms with Crippen molar-refractivity contribution in [2.75, 3.05) is 24.5 Å². The van der Waals surface area contributed by atoms with Crippen molar-refractivity contribution in [3.63, 3.8) is 0 Å². The van der Waals surface area contributed by atoms with Crippen molar-refractivity contribution in [2.45, 2.75) is 32.3 Å². The van der Waals surface area contributed by atoms with Crippen LogP contribution in [0.25, 0.3) is 10.4 Å². The summed E-state index contributed by atoms with van der Waals surface area (Å²) in [4.78, 5) is 21.5. The third-order valence-electron chi connectivity index (χ3n) is 5.41. The lowest BCUT2D eigenvalue weighted by Crippen LogP contribution is -2.32. The Morgan fingerprint density at radius 3 is 2.55 bits per heavy atom. The van der Waals surface area contributed by atoms with Crippen molar-refractivity contribution in [3.05, 3.63) is 65.3 Å². The lowest BCUT2D eigenvalue weighted by Gasteiger charge is -2.19. The first-order chi connectivity index (χ1) is 15.1. The third kappa shape index (κ3) is 5.57. The molecule has 1 atom stereocenters. The Labute approximate surface area is 192 Å². The molecule has 0 spiro atoms. The number of rotatable bonds is 9. The molecule has 0 saturated carbocycles. The number of benzene rings is 1. The van der Waals surface area contributed by atoms with Crippen LogP contribution in [0.2, 0.25) is 4.34 Å². The van der Waals surface area contributed by atoms with Crippen LogP contribution in [-0.4, -0.2) is 41.7 Å². The fourth-order valence-corrected chi connectivity index (χ4v) is 4.80. The minimum absolute atomic E-state index is 0.0858. The SMILES string of the molecule is CC(CCCCN1CCN(c2ccncc2)C1=O)Oc1ccc(-c2ccc(Cl)s2)cc1. The van der Waals surface area contributed by atoms with Gasteiger partial charge in [-0.15, -0.1) is 11.3 Å². The number of anilines is 1. The monoisotopic (exact) mass is 455 g/mol.